The van der Waals surface area contributed by atoms with Gasteiger partial charge in [-0.2, -0.15) is 0 Å². The van der Waals surface area contributed by atoms with Crippen LogP contribution in [0, 0.1) is 0 Å². The smallest absolute Gasteiger partial charge is 0.261 e. The van der Waals surface area contributed by atoms with Gasteiger partial charge in [-0.15, -0.1) is 0 Å². The van der Waals surface area contributed by atoms with Crippen LogP contribution in [0.15, 0.2) is 40.9 Å². The van der Waals surface area contributed by atoms with E-state index < -0.39 is 6.04 Å². The lowest BCUT2D eigenvalue weighted by Crippen LogP contribution is -2.51. The Labute approximate surface area is 208 Å². The number of aryl methyl sites for hydroxylation is 1. The molecule has 0 aromatic heterocycles. The monoisotopic (exact) mass is 542 g/mol. The summed E-state index contributed by atoms with van der Waals surface area (Å²) in [5.74, 6) is 0.0439. The molecule has 0 aliphatic carbocycles. The van der Waals surface area contributed by atoms with E-state index in [9.17, 15) is 9.59 Å². The zero-order chi connectivity index (χ0) is 23.8. The van der Waals surface area contributed by atoms with Gasteiger partial charge >= 0.3 is 0 Å². The van der Waals surface area contributed by atoms with Crippen molar-refractivity contribution < 1.29 is 14.3 Å². The molecule has 2 rings (SSSR count). The fourth-order valence-electron chi connectivity index (χ4n) is 3.24. The molecule has 1 unspecified atom stereocenters. The van der Waals surface area contributed by atoms with Crippen molar-refractivity contribution in [1.29, 1.82) is 0 Å². The van der Waals surface area contributed by atoms with Gasteiger partial charge in [0.25, 0.3) is 5.91 Å². The van der Waals surface area contributed by atoms with Gasteiger partial charge in [0.15, 0.2) is 6.61 Å². The zero-order valence-electron chi connectivity index (χ0n) is 18.8. The second-order valence-corrected chi connectivity index (χ2v) is 9.45. The average molecular weight is 544 g/mol. The van der Waals surface area contributed by atoms with Gasteiger partial charge in [-0.05, 0) is 78.0 Å². The summed E-state index contributed by atoms with van der Waals surface area (Å²) in [6.45, 7) is 7.66. The van der Waals surface area contributed by atoms with Crippen LogP contribution in [-0.4, -0.2) is 35.4 Å². The maximum atomic E-state index is 13.3. The number of ether oxygens (including phenoxy) is 1. The minimum Gasteiger partial charge on any atom is -0.483 e. The van der Waals surface area contributed by atoms with Crippen molar-refractivity contribution >= 4 is 50.9 Å². The van der Waals surface area contributed by atoms with Crippen molar-refractivity contribution in [3.05, 3.63) is 62.0 Å². The van der Waals surface area contributed by atoms with E-state index in [1.54, 1.807) is 18.2 Å². The molecule has 5 nitrogen and oxygen atoms in total. The van der Waals surface area contributed by atoms with E-state index in [-0.39, 0.29) is 31.0 Å². The predicted octanol–water partition coefficient (Wildman–Crippen LogP) is 6.03. The van der Waals surface area contributed by atoms with Crippen LogP contribution < -0.4 is 10.1 Å². The SMILES string of the molecule is CCc1ccc(OCC(=O)N(Cc2ccc(Cl)cc2Cl)C(CC)C(=O)NC(C)C)c(Br)c1. The Morgan fingerprint density at radius 3 is 2.41 bits per heavy atom. The third-order valence-corrected chi connectivity index (χ3v) is 6.13. The Kier molecular flexibility index (Phi) is 10.3. The highest BCUT2D eigenvalue weighted by molar-refractivity contribution is 9.10. The fraction of sp³-hybridized carbons (Fsp3) is 0.417. The molecule has 8 heteroatoms. The summed E-state index contributed by atoms with van der Waals surface area (Å²) in [5.41, 5.74) is 1.86. The maximum Gasteiger partial charge on any atom is 0.261 e. The van der Waals surface area contributed by atoms with E-state index >= 15 is 0 Å². The average Bonchev–Trinajstić information content (AvgIpc) is 2.73. The van der Waals surface area contributed by atoms with E-state index in [4.69, 9.17) is 27.9 Å². The molecule has 0 saturated heterocycles. The quantitative estimate of drug-likeness (QED) is 0.398. The molecule has 0 heterocycles. The Balaban J connectivity index is 2.27. The van der Waals surface area contributed by atoms with E-state index in [0.29, 0.717) is 27.8 Å². The van der Waals surface area contributed by atoms with E-state index in [0.717, 1.165) is 16.5 Å². The molecule has 2 aromatic carbocycles. The van der Waals surface area contributed by atoms with Crippen LogP contribution in [0.1, 0.15) is 45.2 Å². The van der Waals surface area contributed by atoms with Crippen molar-refractivity contribution in [2.45, 2.75) is 59.2 Å². The highest BCUT2D eigenvalue weighted by atomic mass is 79.9. The van der Waals surface area contributed by atoms with Crippen molar-refractivity contribution in [1.82, 2.24) is 10.2 Å². The lowest BCUT2D eigenvalue weighted by molar-refractivity contribution is -0.143. The van der Waals surface area contributed by atoms with Crippen LogP contribution >= 0.6 is 39.1 Å². The number of rotatable bonds is 10. The number of carbonyl (C=O) groups is 2. The van der Waals surface area contributed by atoms with E-state index in [1.165, 1.54) is 4.90 Å². The third kappa shape index (κ3) is 7.39. The first-order valence-electron chi connectivity index (χ1n) is 10.6. The van der Waals surface area contributed by atoms with Gasteiger partial charge in [0.2, 0.25) is 5.91 Å². The molecule has 0 aliphatic heterocycles. The molecule has 1 atom stereocenters. The molecular formula is C24H29BrCl2N2O3. The van der Waals surface area contributed by atoms with Gasteiger partial charge in [0.05, 0.1) is 4.47 Å². The number of nitrogens with one attached hydrogen (secondary N) is 1. The number of nitrogens with zero attached hydrogens (tertiary/aromatic N) is 1. The summed E-state index contributed by atoms with van der Waals surface area (Å²) in [7, 11) is 0. The maximum absolute atomic E-state index is 13.3. The molecule has 0 aliphatic rings. The van der Waals surface area contributed by atoms with Gasteiger partial charge in [-0.25, -0.2) is 0 Å². The van der Waals surface area contributed by atoms with Gasteiger partial charge in [0, 0.05) is 22.6 Å². The minimum absolute atomic E-state index is 0.0445. The van der Waals surface area contributed by atoms with Crippen molar-refractivity contribution in [2.75, 3.05) is 6.61 Å². The number of hydrogen-bond acceptors (Lipinski definition) is 3. The fourth-order valence-corrected chi connectivity index (χ4v) is 4.25. The first-order valence-corrected chi connectivity index (χ1v) is 12.2. The van der Waals surface area contributed by atoms with Gasteiger partial charge in [-0.3, -0.25) is 9.59 Å². The van der Waals surface area contributed by atoms with Crippen LogP contribution in [0.2, 0.25) is 10.0 Å². The molecule has 0 bridgehead atoms. The summed E-state index contributed by atoms with van der Waals surface area (Å²) >= 11 is 15.9. The second kappa shape index (κ2) is 12.5. The normalized spacial score (nSPS) is 11.9. The molecular weight excluding hydrogens is 515 g/mol. The van der Waals surface area contributed by atoms with Crippen LogP contribution in [-0.2, 0) is 22.6 Å². The number of hydrogen-bond donors (Lipinski definition) is 1. The third-order valence-electron chi connectivity index (χ3n) is 4.93. The molecule has 0 fully saturated rings. The first-order chi connectivity index (χ1) is 15.2. The topological polar surface area (TPSA) is 58.6 Å². The highest BCUT2D eigenvalue weighted by Gasteiger charge is 2.30. The molecule has 2 aromatic rings. The molecule has 32 heavy (non-hydrogen) atoms. The van der Waals surface area contributed by atoms with E-state index in [1.807, 2.05) is 39.0 Å². The zero-order valence-corrected chi connectivity index (χ0v) is 21.9. The molecule has 174 valence electrons. The Bertz CT molecular complexity index is 953. The van der Waals surface area contributed by atoms with Crippen molar-refractivity contribution in [3.8, 4) is 5.75 Å². The van der Waals surface area contributed by atoms with Crippen molar-refractivity contribution in [2.24, 2.45) is 0 Å². The van der Waals surface area contributed by atoms with Crippen molar-refractivity contribution in [3.63, 3.8) is 0 Å². The lowest BCUT2D eigenvalue weighted by Gasteiger charge is -2.31. The minimum atomic E-state index is -0.661. The Hall–Kier alpha value is -1.76. The summed E-state index contributed by atoms with van der Waals surface area (Å²) in [5, 5.41) is 3.84. The molecule has 0 spiro atoms. The van der Waals surface area contributed by atoms with Gasteiger partial charge in [0.1, 0.15) is 11.8 Å². The Morgan fingerprint density at radius 2 is 1.84 bits per heavy atom. The van der Waals surface area contributed by atoms with Gasteiger partial charge in [-0.1, -0.05) is 49.2 Å². The van der Waals surface area contributed by atoms with Gasteiger partial charge < -0.3 is 15.0 Å². The molecule has 2 amide bonds. The number of halogens is 3. The van der Waals surface area contributed by atoms with Crippen LogP contribution in [0.3, 0.4) is 0 Å². The van der Waals surface area contributed by atoms with Crippen LogP contribution in [0.5, 0.6) is 5.75 Å². The number of carbonyl (C=O) groups excluding carboxylic acids is 2. The molecule has 0 radical (unpaired) electrons. The summed E-state index contributed by atoms with van der Waals surface area (Å²) in [4.78, 5) is 27.6. The standard InChI is InChI=1S/C24H29BrCl2N2O3/c1-5-16-7-10-22(19(25)11-16)32-14-23(30)29(21(6-2)24(31)28-15(3)4)13-17-8-9-18(26)12-20(17)27/h7-12,15,21H,5-6,13-14H2,1-4H3,(H,28,31). The first kappa shape index (κ1) is 26.5. The number of amides is 2. The highest BCUT2D eigenvalue weighted by Crippen LogP contribution is 2.27. The lowest BCUT2D eigenvalue weighted by atomic mass is 10.1. The molecule has 1 N–H and O–H groups in total. The largest absolute Gasteiger partial charge is 0.483 e. The summed E-state index contributed by atoms with van der Waals surface area (Å²) in [6, 6.07) is 10.2. The predicted molar refractivity (Wildman–Crippen MR) is 133 cm³/mol. The summed E-state index contributed by atoms with van der Waals surface area (Å²) < 4.78 is 6.58. The van der Waals surface area contributed by atoms with Crippen LogP contribution in [0.4, 0.5) is 0 Å². The molecule has 0 saturated carbocycles. The van der Waals surface area contributed by atoms with E-state index in [2.05, 4.69) is 28.2 Å². The summed E-state index contributed by atoms with van der Waals surface area (Å²) in [6.07, 6.45) is 1.35. The second-order valence-electron chi connectivity index (χ2n) is 7.75. The van der Waals surface area contributed by atoms with Crippen LogP contribution in [0.25, 0.3) is 0 Å². The Morgan fingerprint density at radius 1 is 1.12 bits per heavy atom. The number of benzene rings is 2.